The van der Waals surface area contributed by atoms with Crippen LogP contribution in [-0.2, 0) is 0 Å². The highest BCUT2D eigenvalue weighted by molar-refractivity contribution is 6.03. The maximum absolute atomic E-state index is 11.9. The minimum Gasteiger partial charge on any atom is -0.478 e. The van der Waals surface area contributed by atoms with Crippen LogP contribution in [0.2, 0.25) is 0 Å². The molecule has 0 aliphatic carbocycles. The molecule has 0 aliphatic heterocycles. The van der Waals surface area contributed by atoms with E-state index in [9.17, 15) is 4.79 Å². The van der Waals surface area contributed by atoms with Crippen LogP contribution < -0.4 is 15.8 Å². The molecule has 0 spiro atoms. The van der Waals surface area contributed by atoms with Crippen molar-refractivity contribution < 1.29 is 9.53 Å². The molecule has 0 aromatic carbocycles. The van der Waals surface area contributed by atoms with Gasteiger partial charge in [0.05, 0.1) is 18.5 Å². The standard InChI is InChI=1S/C13H14N4O2/c1-2-19-12-4-3-10(8-16-12)17-13(18)11-7-9(14)5-6-15-11/h3-8H,2H2,1H3,(H2,14,15)(H,17,18). The number of nitrogens with zero attached hydrogens (tertiary/aromatic N) is 2. The SMILES string of the molecule is CCOc1ccc(NC(=O)c2cc(N)ccn2)cn1. The van der Waals surface area contributed by atoms with Crippen LogP contribution in [-0.4, -0.2) is 22.5 Å². The van der Waals surface area contributed by atoms with Gasteiger partial charge in [0.15, 0.2) is 0 Å². The second-order valence-corrected chi connectivity index (χ2v) is 3.75. The van der Waals surface area contributed by atoms with E-state index in [4.69, 9.17) is 10.5 Å². The molecule has 0 saturated carbocycles. The van der Waals surface area contributed by atoms with E-state index in [-0.39, 0.29) is 11.6 Å². The lowest BCUT2D eigenvalue weighted by molar-refractivity contribution is 0.102. The van der Waals surface area contributed by atoms with Crippen molar-refractivity contribution in [2.45, 2.75) is 6.92 Å². The smallest absolute Gasteiger partial charge is 0.274 e. The van der Waals surface area contributed by atoms with Gasteiger partial charge in [0.25, 0.3) is 5.91 Å². The van der Waals surface area contributed by atoms with Gasteiger partial charge in [0.1, 0.15) is 5.69 Å². The van der Waals surface area contributed by atoms with Crippen LogP contribution in [0.4, 0.5) is 11.4 Å². The van der Waals surface area contributed by atoms with Crippen molar-refractivity contribution in [1.82, 2.24) is 9.97 Å². The molecule has 2 heterocycles. The van der Waals surface area contributed by atoms with Crippen LogP contribution >= 0.6 is 0 Å². The van der Waals surface area contributed by atoms with Gasteiger partial charge in [0.2, 0.25) is 5.88 Å². The lowest BCUT2D eigenvalue weighted by Crippen LogP contribution is -2.14. The molecule has 0 unspecified atom stereocenters. The molecule has 6 nitrogen and oxygen atoms in total. The number of rotatable bonds is 4. The first kappa shape index (κ1) is 12.8. The number of nitrogens with two attached hydrogens (primary N) is 1. The predicted molar refractivity (Wildman–Crippen MR) is 72.0 cm³/mol. The second-order valence-electron chi connectivity index (χ2n) is 3.75. The minimum absolute atomic E-state index is 0.258. The van der Waals surface area contributed by atoms with Gasteiger partial charge in [-0.15, -0.1) is 0 Å². The van der Waals surface area contributed by atoms with Gasteiger partial charge >= 0.3 is 0 Å². The lowest BCUT2D eigenvalue weighted by atomic mass is 10.3. The van der Waals surface area contributed by atoms with Crippen molar-refractivity contribution in [1.29, 1.82) is 0 Å². The van der Waals surface area contributed by atoms with E-state index in [1.165, 1.54) is 18.5 Å². The topological polar surface area (TPSA) is 90.1 Å². The van der Waals surface area contributed by atoms with Crippen molar-refractivity contribution in [2.75, 3.05) is 17.7 Å². The Morgan fingerprint density at radius 3 is 2.84 bits per heavy atom. The summed E-state index contributed by atoms with van der Waals surface area (Å²) in [7, 11) is 0. The number of ether oxygens (including phenoxy) is 1. The zero-order valence-electron chi connectivity index (χ0n) is 10.5. The molecule has 0 atom stereocenters. The Balaban J connectivity index is 2.06. The Hall–Kier alpha value is -2.63. The second kappa shape index (κ2) is 5.81. The highest BCUT2D eigenvalue weighted by atomic mass is 16.5. The van der Waals surface area contributed by atoms with Crippen LogP contribution in [0.1, 0.15) is 17.4 Å². The Labute approximate surface area is 110 Å². The molecule has 0 fully saturated rings. The van der Waals surface area contributed by atoms with Crippen LogP contribution in [0.3, 0.4) is 0 Å². The number of hydrogen-bond donors (Lipinski definition) is 2. The number of hydrogen-bond acceptors (Lipinski definition) is 5. The maximum Gasteiger partial charge on any atom is 0.274 e. The van der Waals surface area contributed by atoms with Crippen molar-refractivity contribution in [2.24, 2.45) is 0 Å². The average Bonchev–Trinajstić information content (AvgIpc) is 2.41. The van der Waals surface area contributed by atoms with Crippen molar-refractivity contribution in [3.8, 4) is 5.88 Å². The molecule has 3 N–H and O–H groups in total. The third-order valence-corrected chi connectivity index (χ3v) is 2.30. The third kappa shape index (κ3) is 3.41. The molecular weight excluding hydrogens is 244 g/mol. The van der Waals surface area contributed by atoms with Crippen molar-refractivity contribution in [3.05, 3.63) is 42.4 Å². The molecule has 19 heavy (non-hydrogen) atoms. The summed E-state index contributed by atoms with van der Waals surface area (Å²) in [6, 6.07) is 6.53. The van der Waals surface area contributed by atoms with E-state index < -0.39 is 0 Å². The Morgan fingerprint density at radius 2 is 2.21 bits per heavy atom. The largest absolute Gasteiger partial charge is 0.478 e. The highest BCUT2D eigenvalue weighted by Crippen LogP contribution is 2.13. The molecule has 0 aliphatic rings. The Morgan fingerprint density at radius 1 is 1.37 bits per heavy atom. The molecule has 0 radical (unpaired) electrons. The van der Waals surface area contributed by atoms with Crippen LogP contribution in [0.25, 0.3) is 0 Å². The minimum atomic E-state index is -0.335. The summed E-state index contributed by atoms with van der Waals surface area (Å²) in [5.74, 6) is 0.181. The van der Waals surface area contributed by atoms with Gasteiger partial charge < -0.3 is 15.8 Å². The highest BCUT2D eigenvalue weighted by Gasteiger charge is 2.08. The number of carbonyl (C=O) groups excluding carboxylic acids is 1. The van der Waals surface area contributed by atoms with Gasteiger partial charge in [-0.05, 0) is 25.1 Å². The molecule has 98 valence electrons. The first-order valence-corrected chi connectivity index (χ1v) is 5.81. The van der Waals surface area contributed by atoms with Crippen LogP contribution in [0, 0.1) is 0 Å². The van der Waals surface area contributed by atoms with Gasteiger partial charge in [-0.1, -0.05) is 0 Å². The molecule has 0 bridgehead atoms. The number of nitrogens with one attached hydrogen (secondary N) is 1. The van der Waals surface area contributed by atoms with Crippen LogP contribution in [0.15, 0.2) is 36.7 Å². The van der Waals surface area contributed by atoms with Crippen molar-refractivity contribution >= 4 is 17.3 Å². The van der Waals surface area contributed by atoms with E-state index in [0.717, 1.165) is 0 Å². The fourth-order valence-electron chi connectivity index (χ4n) is 1.45. The number of amides is 1. The Bertz CT molecular complexity index is 569. The molecule has 2 rings (SSSR count). The summed E-state index contributed by atoms with van der Waals surface area (Å²) in [6.45, 7) is 2.43. The molecule has 6 heteroatoms. The summed E-state index contributed by atoms with van der Waals surface area (Å²) >= 11 is 0. The van der Waals surface area contributed by atoms with Gasteiger partial charge in [-0.25, -0.2) is 4.98 Å². The summed E-state index contributed by atoms with van der Waals surface area (Å²) in [4.78, 5) is 19.9. The lowest BCUT2D eigenvalue weighted by Gasteiger charge is -2.06. The summed E-state index contributed by atoms with van der Waals surface area (Å²) < 4.78 is 5.21. The number of nitrogen functional groups attached to an aromatic ring is 1. The number of pyridine rings is 2. The van der Waals surface area contributed by atoms with Crippen molar-refractivity contribution in [3.63, 3.8) is 0 Å². The first-order valence-electron chi connectivity index (χ1n) is 5.81. The molecule has 2 aromatic heterocycles. The van der Waals surface area contributed by atoms with Gasteiger partial charge in [0, 0.05) is 18.0 Å². The third-order valence-electron chi connectivity index (χ3n) is 2.30. The fraction of sp³-hybridized carbons (Fsp3) is 0.154. The normalized spacial score (nSPS) is 9.95. The molecule has 0 saturated heterocycles. The summed E-state index contributed by atoms with van der Waals surface area (Å²) in [5, 5.41) is 2.68. The number of carbonyl (C=O) groups is 1. The summed E-state index contributed by atoms with van der Waals surface area (Å²) in [5.41, 5.74) is 6.91. The van der Waals surface area contributed by atoms with E-state index in [0.29, 0.717) is 23.9 Å². The van der Waals surface area contributed by atoms with Gasteiger partial charge in [-0.3, -0.25) is 9.78 Å². The van der Waals surface area contributed by atoms with E-state index in [2.05, 4.69) is 15.3 Å². The zero-order valence-corrected chi connectivity index (χ0v) is 10.5. The van der Waals surface area contributed by atoms with E-state index in [1.807, 2.05) is 6.92 Å². The maximum atomic E-state index is 11.9. The summed E-state index contributed by atoms with van der Waals surface area (Å²) in [6.07, 6.45) is 3.01. The number of anilines is 2. The molecular formula is C13H14N4O2. The average molecular weight is 258 g/mol. The molecule has 1 amide bonds. The van der Waals surface area contributed by atoms with E-state index in [1.54, 1.807) is 18.2 Å². The Kier molecular flexibility index (Phi) is 3.92. The zero-order chi connectivity index (χ0) is 13.7. The monoisotopic (exact) mass is 258 g/mol. The van der Waals surface area contributed by atoms with Gasteiger partial charge in [-0.2, -0.15) is 0 Å². The predicted octanol–water partition coefficient (Wildman–Crippen LogP) is 1.71. The fourth-order valence-corrected chi connectivity index (χ4v) is 1.45. The molecule has 2 aromatic rings. The first-order chi connectivity index (χ1) is 9.19. The van der Waals surface area contributed by atoms with E-state index >= 15 is 0 Å². The number of aromatic nitrogens is 2. The van der Waals surface area contributed by atoms with Crippen LogP contribution in [0.5, 0.6) is 5.88 Å². The quantitative estimate of drug-likeness (QED) is 0.871.